The number of aromatic hydroxyl groups is 1. The SMILES string of the molecule is CCOP1(=O)N=C(c2c(O)c(-c3ccsc3)nn(CCC(C)C)c2=O)Nc2ccccc21. The second-order valence-corrected chi connectivity index (χ2v) is 10.6. The minimum Gasteiger partial charge on any atom is -0.505 e. The fraction of sp³-hybridized carbons (Fsp3) is 0.318. The van der Waals surface area contributed by atoms with Gasteiger partial charge in [-0.1, -0.05) is 26.0 Å². The summed E-state index contributed by atoms with van der Waals surface area (Å²) in [5, 5.41) is 22.8. The van der Waals surface area contributed by atoms with Crippen molar-refractivity contribution in [3.05, 3.63) is 57.0 Å². The number of aromatic nitrogens is 2. The van der Waals surface area contributed by atoms with Gasteiger partial charge in [-0.25, -0.2) is 4.68 Å². The van der Waals surface area contributed by atoms with Gasteiger partial charge in [-0.15, -0.1) is 0 Å². The average Bonchev–Trinajstić information content (AvgIpc) is 3.28. The molecule has 8 nitrogen and oxygen atoms in total. The van der Waals surface area contributed by atoms with Crippen LogP contribution in [0.3, 0.4) is 0 Å². The van der Waals surface area contributed by atoms with Gasteiger partial charge >= 0.3 is 7.52 Å². The molecule has 0 saturated carbocycles. The summed E-state index contributed by atoms with van der Waals surface area (Å²) in [7, 11) is -3.64. The highest BCUT2D eigenvalue weighted by molar-refractivity contribution is 7.66. The molecule has 4 rings (SSSR count). The van der Waals surface area contributed by atoms with Crippen LogP contribution in [0.2, 0.25) is 0 Å². The minimum atomic E-state index is -3.64. The first-order valence-electron chi connectivity index (χ1n) is 10.4. The van der Waals surface area contributed by atoms with Gasteiger partial charge in [0.25, 0.3) is 5.56 Å². The molecule has 1 atom stereocenters. The third-order valence-electron chi connectivity index (χ3n) is 5.08. The number of anilines is 1. The average molecular weight is 473 g/mol. The molecule has 3 aromatic rings. The highest BCUT2D eigenvalue weighted by atomic mass is 32.1. The Morgan fingerprint density at radius 1 is 1.28 bits per heavy atom. The van der Waals surface area contributed by atoms with Gasteiger partial charge in [-0.3, -0.25) is 9.36 Å². The number of nitrogens with zero attached hydrogens (tertiary/aromatic N) is 3. The first-order chi connectivity index (χ1) is 15.3. The highest BCUT2D eigenvalue weighted by Crippen LogP contribution is 2.52. The number of aryl methyl sites for hydroxylation is 1. The van der Waals surface area contributed by atoms with Crippen LogP contribution < -0.4 is 16.2 Å². The van der Waals surface area contributed by atoms with Gasteiger partial charge in [0.1, 0.15) is 11.3 Å². The molecular weight excluding hydrogens is 447 g/mol. The molecule has 0 bridgehead atoms. The van der Waals surface area contributed by atoms with Crippen molar-refractivity contribution in [2.24, 2.45) is 10.7 Å². The van der Waals surface area contributed by atoms with Crippen molar-refractivity contribution >= 4 is 35.7 Å². The van der Waals surface area contributed by atoms with Gasteiger partial charge in [0, 0.05) is 17.5 Å². The molecule has 2 N–H and O–H groups in total. The summed E-state index contributed by atoms with van der Waals surface area (Å²) in [6, 6.07) is 8.79. The van der Waals surface area contributed by atoms with Crippen LogP contribution in [0.5, 0.6) is 5.75 Å². The number of hydrogen-bond donors (Lipinski definition) is 2. The van der Waals surface area contributed by atoms with E-state index in [4.69, 9.17) is 4.52 Å². The number of thiophene rings is 1. The lowest BCUT2D eigenvalue weighted by Crippen LogP contribution is -2.35. The standard InChI is InChI=1S/C22H25N4O4PS/c1-4-30-31(29)17-8-6-5-7-16(17)23-21(25-31)18-20(27)19(15-10-12-32-13-15)24-26(22(18)28)11-9-14(2)3/h5-8,10,12-14,27H,4,9,11H2,1-3H3,(H,23,25,29). The molecule has 10 heteroatoms. The van der Waals surface area contributed by atoms with Crippen LogP contribution in [0.25, 0.3) is 11.3 Å². The van der Waals surface area contributed by atoms with Crippen molar-refractivity contribution in [2.45, 2.75) is 33.7 Å². The largest absolute Gasteiger partial charge is 0.505 e. The van der Waals surface area contributed by atoms with Crippen molar-refractivity contribution in [3.8, 4) is 17.0 Å². The summed E-state index contributed by atoms with van der Waals surface area (Å²) in [5.74, 6) is 0.0729. The van der Waals surface area contributed by atoms with Gasteiger partial charge in [0.05, 0.1) is 17.6 Å². The van der Waals surface area contributed by atoms with E-state index in [2.05, 4.69) is 29.0 Å². The third-order valence-corrected chi connectivity index (χ3v) is 7.83. The first kappa shape index (κ1) is 22.5. The van der Waals surface area contributed by atoms with Gasteiger partial charge < -0.3 is 14.9 Å². The van der Waals surface area contributed by atoms with E-state index in [1.165, 1.54) is 16.0 Å². The Morgan fingerprint density at radius 3 is 2.75 bits per heavy atom. The molecule has 0 saturated heterocycles. The Hall–Kier alpha value is -2.74. The maximum atomic E-state index is 13.6. The molecule has 0 fully saturated rings. The predicted octanol–water partition coefficient (Wildman–Crippen LogP) is 4.45. The monoisotopic (exact) mass is 472 g/mol. The summed E-state index contributed by atoms with van der Waals surface area (Å²) >= 11 is 1.46. The van der Waals surface area contributed by atoms with E-state index in [9.17, 15) is 14.5 Å². The molecule has 0 radical (unpaired) electrons. The Labute approximate surface area is 190 Å². The molecule has 2 aromatic heterocycles. The number of rotatable bonds is 7. The van der Waals surface area contributed by atoms with Crippen LogP contribution in [0.15, 0.2) is 50.6 Å². The van der Waals surface area contributed by atoms with Crippen molar-refractivity contribution in [1.82, 2.24) is 9.78 Å². The van der Waals surface area contributed by atoms with E-state index in [0.717, 1.165) is 6.42 Å². The van der Waals surface area contributed by atoms with Crippen LogP contribution in [-0.4, -0.2) is 27.3 Å². The molecule has 32 heavy (non-hydrogen) atoms. The van der Waals surface area contributed by atoms with E-state index in [-0.39, 0.29) is 29.4 Å². The zero-order chi connectivity index (χ0) is 22.9. The first-order valence-corrected chi connectivity index (χ1v) is 12.9. The van der Waals surface area contributed by atoms with Gasteiger partial charge in [-0.2, -0.15) is 21.2 Å². The lowest BCUT2D eigenvalue weighted by atomic mass is 10.1. The van der Waals surface area contributed by atoms with Crippen molar-refractivity contribution < 1.29 is 14.2 Å². The van der Waals surface area contributed by atoms with Crippen LogP contribution in [0, 0.1) is 5.92 Å². The topological polar surface area (TPSA) is 106 Å². The molecule has 168 valence electrons. The molecule has 0 spiro atoms. The second kappa shape index (κ2) is 9.02. The van der Waals surface area contributed by atoms with Crippen LogP contribution in [0.4, 0.5) is 5.69 Å². The smallest absolute Gasteiger partial charge is 0.348 e. The Kier molecular flexibility index (Phi) is 6.33. The zero-order valence-electron chi connectivity index (χ0n) is 18.1. The van der Waals surface area contributed by atoms with Crippen LogP contribution in [-0.2, 0) is 15.6 Å². The summed E-state index contributed by atoms with van der Waals surface area (Å²) in [6.07, 6.45) is 0.736. The van der Waals surface area contributed by atoms with Gasteiger partial charge in [0.2, 0.25) is 0 Å². The van der Waals surface area contributed by atoms with E-state index in [1.807, 2.05) is 16.8 Å². The van der Waals surface area contributed by atoms with Gasteiger partial charge in [0.15, 0.2) is 11.6 Å². The number of nitrogens with one attached hydrogen (secondary N) is 1. The fourth-order valence-corrected chi connectivity index (χ4v) is 5.87. The number of para-hydroxylation sites is 1. The Balaban J connectivity index is 1.93. The molecule has 1 aromatic carbocycles. The highest BCUT2D eigenvalue weighted by Gasteiger charge is 2.35. The normalized spacial score (nSPS) is 17.7. The number of hydrogen-bond acceptors (Lipinski definition) is 7. The summed E-state index contributed by atoms with van der Waals surface area (Å²) in [4.78, 5) is 13.4. The van der Waals surface area contributed by atoms with Gasteiger partial charge in [-0.05, 0) is 42.8 Å². The molecule has 1 aliphatic rings. The fourth-order valence-electron chi connectivity index (χ4n) is 3.45. The Bertz CT molecular complexity index is 1270. The Morgan fingerprint density at radius 2 is 2.06 bits per heavy atom. The van der Waals surface area contributed by atoms with E-state index in [1.54, 1.807) is 31.2 Å². The maximum Gasteiger partial charge on any atom is 0.348 e. The third kappa shape index (κ3) is 4.16. The number of amidine groups is 1. The van der Waals surface area contributed by atoms with Crippen LogP contribution in [0.1, 0.15) is 32.8 Å². The van der Waals surface area contributed by atoms with Crippen molar-refractivity contribution in [3.63, 3.8) is 0 Å². The van der Waals surface area contributed by atoms with E-state index in [0.29, 0.717) is 29.0 Å². The summed E-state index contributed by atoms with van der Waals surface area (Å²) in [6.45, 7) is 6.43. The minimum absolute atomic E-state index is 0.0140. The zero-order valence-corrected chi connectivity index (χ0v) is 19.8. The quantitative estimate of drug-likeness (QED) is 0.492. The van der Waals surface area contributed by atoms with E-state index < -0.39 is 13.1 Å². The second-order valence-electron chi connectivity index (χ2n) is 7.82. The van der Waals surface area contributed by atoms with Crippen LogP contribution >= 0.6 is 18.9 Å². The molecule has 3 heterocycles. The molecule has 1 aliphatic heterocycles. The lowest BCUT2D eigenvalue weighted by Gasteiger charge is -2.25. The van der Waals surface area contributed by atoms with E-state index >= 15 is 0 Å². The number of benzene rings is 1. The molecular formula is C22H25N4O4PS. The van der Waals surface area contributed by atoms with Crippen molar-refractivity contribution in [1.29, 1.82) is 0 Å². The molecule has 1 unspecified atom stereocenters. The maximum absolute atomic E-state index is 13.6. The summed E-state index contributed by atoms with van der Waals surface area (Å²) in [5.41, 5.74) is 0.918. The van der Waals surface area contributed by atoms with Crippen molar-refractivity contribution in [2.75, 3.05) is 11.9 Å². The molecule has 0 aliphatic carbocycles. The number of fused-ring (bicyclic) bond motifs is 1. The predicted molar refractivity (Wildman–Crippen MR) is 128 cm³/mol. The molecule has 0 amide bonds. The summed E-state index contributed by atoms with van der Waals surface area (Å²) < 4.78 is 24.9. The lowest BCUT2D eigenvalue weighted by molar-refractivity contribution is 0.341.